The summed E-state index contributed by atoms with van der Waals surface area (Å²) in [6, 6.07) is 7.73. The van der Waals surface area contributed by atoms with Gasteiger partial charge >= 0.3 is 0 Å². The summed E-state index contributed by atoms with van der Waals surface area (Å²) in [6.45, 7) is 1.70. The number of methoxy groups -OCH3 is 2. The van der Waals surface area contributed by atoms with E-state index in [0.29, 0.717) is 41.6 Å². The van der Waals surface area contributed by atoms with E-state index in [9.17, 15) is 9.18 Å². The van der Waals surface area contributed by atoms with Crippen LogP contribution in [0, 0.1) is 17.6 Å². The molecule has 0 radical (unpaired) electrons. The smallest absolute Gasteiger partial charge is 0.185 e. The van der Waals surface area contributed by atoms with Gasteiger partial charge in [0.1, 0.15) is 28.6 Å². The molecule has 0 unspecified atom stereocenters. The molecule has 2 fully saturated rings. The third-order valence-electron chi connectivity index (χ3n) is 7.84. The minimum atomic E-state index is -0.552. The lowest BCUT2D eigenvalue weighted by Gasteiger charge is -2.31. The lowest BCUT2D eigenvalue weighted by Crippen LogP contribution is -2.33. The van der Waals surface area contributed by atoms with Gasteiger partial charge in [-0.05, 0) is 55.0 Å². The predicted molar refractivity (Wildman–Crippen MR) is 142 cm³/mol. The van der Waals surface area contributed by atoms with E-state index in [1.54, 1.807) is 24.1 Å². The number of hydrogen-bond acceptors (Lipinski definition) is 7. The Balaban J connectivity index is 1.39. The first-order valence-corrected chi connectivity index (χ1v) is 13.1. The van der Waals surface area contributed by atoms with E-state index in [1.165, 1.54) is 44.0 Å². The van der Waals surface area contributed by atoms with Crippen LogP contribution < -0.4 is 9.64 Å². The number of piperidine rings is 1. The van der Waals surface area contributed by atoms with Crippen LogP contribution in [0.1, 0.15) is 35.3 Å². The molecule has 2 bridgehead atoms. The van der Waals surface area contributed by atoms with Crippen molar-refractivity contribution in [2.75, 3.05) is 32.3 Å². The minimum Gasteiger partial charge on any atom is -0.496 e. The zero-order valence-electron chi connectivity index (χ0n) is 21.9. The van der Waals surface area contributed by atoms with Crippen molar-refractivity contribution in [2.45, 2.75) is 38.3 Å². The van der Waals surface area contributed by atoms with Crippen LogP contribution in [0.3, 0.4) is 0 Å². The zero-order chi connectivity index (χ0) is 27.1. The fraction of sp³-hybridized carbons (Fsp3) is 0.379. The van der Waals surface area contributed by atoms with Gasteiger partial charge in [0.25, 0.3) is 0 Å². The SMILES string of the molecule is COCCn1ncc2c(N3C[C@H]4CC[C@@H]3C4)c(CC(=O)c3ccnc(-c4c(F)cccc4OC)n3)cc(F)c21. The van der Waals surface area contributed by atoms with Crippen LogP contribution >= 0.6 is 0 Å². The first-order chi connectivity index (χ1) is 19.0. The molecule has 1 saturated carbocycles. The summed E-state index contributed by atoms with van der Waals surface area (Å²) in [7, 11) is 3.03. The standard InChI is InChI=1S/C29H29F2N5O3/c1-38-11-10-36-28-20(15-33-36)27(35-16-17-6-7-19(35)12-17)18(13-22(28)31)14-24(37)23-8-9-32-29(34-23)26-21(30)4-3-5-25(26)39-2/h3-5,8-9,13,15,17,19H,6-7,10-12,14,16H2,1-2H3/t17-,19+/m0/s1. The number of fused-ring (bicyclic) bond motifs is 3. The van der Waals surface area contributed by atoms with E-state index in [1.807, 2.05) is 0 Å². The molecule has 0 amide bonds. The molecule has 1 aliphatic carbocycles. The second-order valence-corrected chi connectivity index (χ2v) is 10.2. The normalized spacial score (nSPS) is 18.3. The molecule has 10 heteroatoms. The molecule has 4 aromatic rings. The van der Waals surface area contributed by atoms with Crippen LogP contribution in [0.2, 0.25) is 0 Å². The molecule has 3 heterocycles. The number of aromatic nitrogens is 4. The number of nitrogens with zero attached hydrogens (tertiary/aromatic N) is 5. The van der Waals surface area contributed by atoms with Crippen molar-refractivity contribution in [1.29, 1.82) is 0 Å². The second kappa shape index (κ2) is 10.3. The summed E-state index contributed by atoms with van der Waals surface area (Å²) in [6.07, 6.45) is 6.42. The summed E-state index contributed by atoms with van der Waals surface area (Å²) >= 11 is 0. The molecule has 0 N–H and O–H groups in total. The Hall–Kier alpha value is -3.92. The molecule has 2 aromatic carbocycles. The number of ether oxygens (including phenoxy) is 2. The zero-order valence-corrected chi connectivity index (χ0v) is 21.9. The number of halogens is 2. The van der Waals surface area contributed by atoms with Gasteiger partial charge < -0.3 is 14.4 Å². The number of carbonyl (C=O) groups is 1. The van der Waals surface area contributed by atoms with Crippen LogP contribution in [0.5, 0.6) is 5.75 Å². The molecule has 2 aliphatic rings. The largest absolute Gasteiger partial charge is 0.496 e. The maximum absolute atomic E-state index is 15.6. The van der Waals surface area contributed by atoms with Crippen molar-refractivity contribution < 1.29 is 23.0 Å². The van der Waals surface area contributed by atoms with Crippen molar-refractivity contribution >= 4 is 22.4 Å². The van der Waals surface area contributed by atoms with Crippen molar-refractivity contribution in [1.82, 2.24) is 19.7 Å². The number of Topliss-reactive ketones (excluding diaryl/α,β-unsaturated/α-hetero) is 1. The monoisotopic (exact) mass is 533 g/mol. The van der Waals surface area contributed by atoms with Gasteiger partial charge in [-0.1, -0.05) is 6.07 Å². The molecular weight excluding hydrogens is 504 g/mol. The van der Waals surface area contributed by atoms with E-state index in [-0.39, 0.29) is 35.0 Å². The quantitative estimate of drug-likeness (QED) is 0.285. The van der Waals surface area contributed by atoms with Crippen LogP contribution in [-0.2, 0) is 17.7 Å². The molecule has 0 spiro atoms. The highest BCUT2D eigenvalue weighted by atomic mass is 19.1. The Morgan fingerprint density at radius 1 is 1.15 bits per heavy atom. The van der Waals surface area contributed by atoms with Gasteiger partial charge in [0.05, 0.1) is 37.7 Å². The molecule has 39 heavy (non-hydrogen) atoms. The van der Waals surface area contributed by atoms with E-state index in [0.717, 1.165) is 25.1 Å². The fourth-order valence-corrected chi connectivity index (χ4v) is 6.08. The van der Waals surface area contributed by atoms with Gasteiger partial charge in [0.2, 0.25) is 0 Å². The highest BCUT2D eigenvalue weighted by Gasteiger charge is 2.40. The van der Waals surface area contributed by atoms with Crippen LogP contribution in [0.25, 0.3) is 22.3 Å². The number of rotatable bonds is 9. The first-order valence-electron chi connectivity index (χ1n) is 13.1. The number of hydrogen-bond donors (Lipinski definition) is 0. The molecule has 1 saturated heterocycles. The molecular formula is C29H29F2N5O3. The molecule has 1 aliphatic heterocycles. The minimum absolute atomic E-state index is 0.0499. The van der Waals surface area contributed by atoms with Crippen LogP contribution in [0.15, 0.2) is 42.7 Å². The van der Waals surface area contributed by atoms with Gasteiger partial charge in [-0.2, -0.15) is 5.10 Å². The molecule has 2 aromatic heterocycles. The van der Waals surface area contributed by atoms with Gasteiger partial charge in [0.15, 0.2) is 11.6 Å². The van der Waals surface area contributed by atoms with Gasteiger partial charge in [-0.3, -0.25) is 9.48 Å². The molecule has 6 rings (SSSR count). The van der Waals surface area contributed by atoms with Crippen molar-refractivity contribution in [3.63, 3.8) is 0 Å². The van der Waals surface area contributed by atoms with Gasteiger partial charge in [-0.25, -0.2) is 18.7 Å². The lowest BCUT2D eigenvalue weighted by molar-refractivity contribution is 0.0988. The molecule has 2 atom stereocenters. The third kappa shape index (κ3) is 4.52. The highest BCUT2D eigenvalue weighted by Crippen LogP contribution is 2.44. The molecule has 202 valence electrons. The Bertz CT molecular complexity index is 1560. The Morgan fingerprint density at radius 2 is 2.03 bits per heavy atom. The van der Waals surface area contributed by atoms with E-state index in [4.69, 9.17) is 9.47 Å². The summed E-state index contributed by atoms with van der Waals surface area (Å²) in [5, 5.41) is 5.15. The topological polar surface area (TPSA) is 82.4 Å². The Labute approximate surface area is 224 Å². The summed E-state index contributed by atoms with van der Waals surface area (Å²) < 4.78 is 42.3. The first kappa shape index (κ1) is 25.4. The maximum atomic E-state index is 15.6. The van der Waals surface area contributed by atoms with Gasteiger partial charge in [0, 0.05) is 37.7 Å². The van der Waals surface area contributed by atoms with E-state index >= 15 is 4.39 Å². The van der Waals surface area contributed by atoms with E-state index in [2.05, 4.69) is 20.0 Å². The van der Waals surface area contributed by atoms with Crippen molar-refractivity contribution in [3.8, 4) is 17.1 Å². The summed E-state index contributed by atoms with van der Waals surface area (Å²) in [5.41, 5.74) is 2.07. The highest BCUT2D eigenvalue weighted by molar-refractivity contribution is 6.01. The average molecular weight is 534 g/mol. The van der Waals surface area contributed by atoms with E-state index < -0.39 is 11.6 Å². The fourth-order valence-electron chi connectivity index (χ4n) is 6.08. The van der Waals surface area contributed by atoms with Gasteiger partial charge in [-0.15, -0.1) is 0 Å². The number of ketones is 1. The Kier molecular flexibility index (Phi) is 6.72. The maximum Gasteiger partial charge on any atom is 0.185 e. The van der Waals surface area contributed by atoms with Crippen LogP contribution in [0.4, 0.5) is 14.5 Å². The average Bonchev–Trinajstić information content (AvgIpc) is 3.68. The number of anilines is 1. The van der Waals surface area contributed by atoms with Crippen molar-refractivity contribution in [2.24, 2.45) is 5.92 Å². The predicted octanol–water partition coefficient (Wildman–Crippen LogP) is 4.84. The summed E-state index contributed by atoms with van der Waals surface area (Å²) in [5.74, 6) is -0.386. The van der Waals surface area contributed by atoms with Crippen LogP contribution in [-0.4, -0.2) is 58.9 Å². The number of carbonyl (C=O) groups excluding carboxylic acids is 1. The number of benzene rings is 2. The second-order valence-electron chi connectivity index (χ2n) is 10.2. The summed E-state index contributed by atoms with van der Waals surface area (Å²) in [4.78, 5) is 24.5. The third-order valence-corrected chi connectivity index (χ3v) is 7.84. The Morgan fingerprint density at radius 3 is 2.77 bits per heavy atom. The molecule has 8 nitrogen and oxygen atoms in total. The van der Waals surface area contributed by atoms with Crippen molar-refractivity contribution in [3.05, 3.63) is 65.6 Å². The lowest BCUT2D eigenvalue weighted by atomic mass is 9.99.